The van der Waals surface area contributed by atoms with Crippen molar-refractivity contribution in [3.8, 4) is 0 Å². The van der Waals surface area contributed by atoms with E-state index in [1.807, 2.05) is 5.32 Å². The first kappa shape index (κ1) is 13.3. The zero-order chi connectivity index (χ0) is 13.3. The fourth-order valence-corrected chi connectivity index (χ4v) is 1.74. The van der Waals surface area contributed by atoms with Gasteiger partial charge in [-0.1, -0.05) is 0 Å². The topological polar surface area (TPSA) is 83.5 Å². The Morgan fingerprint density at radius 2 is 1.65 bits per heavy atom. The number of anilines is 1. The molecule has 1 aromatic carbocycles. The standard InChI is InChI=1S/C8H6F3NO4S/c9-8(10,11)17(15,16)6-3-1-5(2-4-6)12-7(13)14/h1-4,12H,(H,13,14). The third-order valence-corrected chi connectivity index (χ3v) is 3.22. The average Bonchev–Trinajstić information content (AvgIpc) is 2.15. The first-order valence-corrected chi connectivity index (χ1v) is 5.54. The van der Waals surface area contributed by atoms with Gasteiger partial charge in [-0.25, -0.2) is 13.2 Å². The average molecular weight is 269 g/mol. The number of carbonyl (C=O) groups is 1. The summed E-state index contributed by atoms with van der Waals surface area (Å²) in [6.45, 7) is 0. The van der Waals surface area contributed by atoms with Gasteiger partial charge in [-0.2, -0.15) is 13.2 Å². The Hall–Kier alpha value is -1.77. The van der Waals surface area contributed by atoms with Crippen molar-refractivity contribution in [3.63, 3.8) is 0 Å². The van der Waals surface area contributed by atoms with Gasteiger partial charge in [0.2, 0.25) is 0 Å². The molecule has 0 aliphatic heterocycles. The third-order valence-electron chi connectivity index (χ3n) is 1.72. The number of benzene rings is 1. The number of hydrogen-bond donors (Lipinski definition) is 2. The lowest BCUT2D eigenvalue weighted by molar-refractivity contribution is -0.0436. The van der Waals surface area contributed by atoms with E-state index in [1.165, 1.54) is 0 Å². The summed E-state index contributed by atoms with van der Waals surface area (Å²) < 4.78 is 58.2. The van der Waals surface area contributed by atoms with Crippen molar-refractivity contribution in [3.05, 3.63) is 24.3 Å². The first-order valence-electron chi connectivity index (χ1n) is 4.06. The van der Waals surface area contributed by atoms with Crippen LogP contribution >= 0.6 is 0 Å². The second-order valence-corrected chi connectivity index (χ2v) is 4.84. The molecule has 5 nitrogen and oxygen atoms in total. The summed E-state index contributed by atoms with van der Waals surface area (Å²) in [4.78, 5) is 9.26. The van der Waals surface area contributed by atoms with Crippen LogP contribution in [0.2, 0.25) is 0 Å². The van der Waals surface area contributed by atoms with E-state index in [1.54, 1.807) is 0 Å². The second kappa shape index (κ2) is 4.24. The lowest BCUT2D eigenvalue weighted by Gasteiger charge is -2.08. The predicted octanol–water partition coefficient (Wildman–Crippen LogP) is 2.07. The van der Waals surface area contributed by atoms with E-state index >= 15 is 0 Å². The lowest BCUT2D eigenvalue weighted by Crippen LogP contribution is -2.23. The van der Waals surface area contributed by atoms with Gasteiger partial charge in [-0.3, -0.25) is 5.32 Å². The molecule has 0 aliphatic rings. The van der Waals surface area contributed by atoms with Crippen LogP contribution in [0.4, 0.5) is 23.7 Å². The Morgan fingerprint density at radius 1 is 1.18 bits per heavy atom. The molecule has 94 valence electrons. The van der Waals surface area contributed by atoms with Gasteiger partial charge >= 0.3 is 11.6 Å². The van der Waals surface area contributed by atoms with E-state index < -0.39 is 26.3 Å². The Labute approximate surface area is 93.8 Å². The minimum Gasteiger partial charge on any atom is -0.465 e. The summed E-state index contributed by atoms with van der Waals surface area (Å²) in [5, 5.41) is 10.2. The van der Waals surface area contributed by atoms with Gasteiger partial charge in [0.05, 0.1) is 4.90 Å². The SMILES string of the molecule is O=C(O)Nc1ccc(S(=O)(=O)C(F)(F)F)cc1. The highest BCUT2D eigenvalue weighted by Gasteiger charge is 2.46. The molecule has 0 radical (unpaired) electrons. The van der Waals surface area contributed by atoms with Crippen molar-refractivity contribution in [1.82, 2.24) is 0 Å². The van der Waals surface area contributed by atoms with E-state index in [0.717, 1.165) is 12.1 Å². The highest BCUT2D eigenvalue weighted by Crippen LogP contribution is 2.30. The number of amides is 1. The van der Waals surface area contributed by atoms with Crippen molar-refractivity contribution in [2.24, 2.45) is 0 Å². The molecule has 0 bridgehead atoms. The Morgan fingerprint density at radius 3 is 2.00 bits per heavy atom. The Balaban J connectivity index is 3.08. The molecule has 0 saturated heterocycles. The minimum atomic E-state index is -5.40. The molecule has 1 amide bonds. The van der Waals surface area contributed by atoms with Crippen molar-refractivity contribution < 1.29 is 31.5 Å². The highest BCUT2D eigenvalue weighted by atomic mass is 32.2. The van der Waals surface area contributed by atoms with Gasteiger partial charge < -0.3 is 5.11 Å². The van der Waals surface area contributed by atoms with Crippen LogP contribution < -0.4 is 5.32 Å². The second-order valence-electron chi connectivity index (χ2n) is 2.90. The molecule has 1 aromatic rings. The molecule has 0 aliphatic carbocycles. The van der Waals surface area contributed by atoms with Crippen molar-refractivity contribution in [1.29, 1.82) is 0 Å². The fraction of sp³-hybridized carbons (Fsp3) is 0.125. The molecule has 9 heteroatoms. The first-order chi connectivity index (χ1) is 7.64. The lowest BCUT2D eigenvalue weighted by atomic mass is 10.3. The number of hydrogen-bond acceptors (Lipinski definition) is 3. The van der Waals surface area contributed by atoms with Crippen LogP contribution in [0.1, 0.15) is 0 Å². The quantitative estimate of drug-likeness (QED) is 0.860. The molecule has 0 fully saturated rings. The smallest absolute Gasteiger partial charge is 0.465 e. The van der Waals surface area contributed by atoms with Gasteiger partial charge in [0.15, 0.2) is 0 Å². The van der Waals surface area contributed by atoms with E-state index in [2.05, 4.69) is 0 Å². The van der Waals surface area contributed by atoms with E-state index in [4.69, 9.17) is 5.11 Å². The number of alkyl halides is 3. The molecular weight excluding hydrogens is 263 g/mol. The fourth-order valence-electron chi connectivity index (χ4n) is 0.975. The zero-order valence-corrected chi connectivity index (χ0v) is 8.84. The van der Waals surface area contributed by atoms with Crippen molar-refractivity contribution in [2.45, 2.75) is 10.4 Å². The van der Waals surface area contributed by atoms with Gasteiger partial charge in [0, 0.05) is 5.69 Å². The normalized spacial score (nSPS) is 12.2. The summed E-state index contributed by atoms with van der Waals surface area (Å²) in [6, 6.07) is 3.20. The van der Waals surface area contributed by atoms with E-state index in [9.17, 15) is 26.4 Å². The minimum absolute atomic E-state index is 0.0291. The van der Waals surface area contributed by atoms with Crippen LogP contribution in [0, 0.1) is 0 Å². The monoisotopic (exact) mass is 269 g/mol. The number of rotatable bonds is 2. The van der Waals surface area contributed by atoms with Gasteiger partial charge in [-0.15, -0.1) is 0 Å². The summed E-state index contributed by atoms with van der Waals surface area (Å²) in [5.74, 6) is 0. The molecule has 17 heavy (non-hydrogen) atoms. The van der Waals surface area contributed by atoms with Gasteiger partial charge in [-0.05, 0) is 24.3 Å². The van der Waals surface area contributed by atoms with Crippen LogP contribution in [0.15, 0.2) is 29.2 Å². The summed E-state index contributed by atoms with van der Waals surface area (Å²) in [6.07, 6.45) is -1.41. The number of halogens is 3. The summed E-state index contributed by atoms with van der Waals surface area (Å²) in [7, 11) is -5.40. The zero-order valence-electron chi connectivity index (χ0n) is 8.02. The molecule has 2 N–H and O–H groups in total. The maximum atomic E-state index is 12.1. The van der Waals surface area contributed by atoms with Crippen molar-refractivity contribution in [2.75, 3.05) is 5.32 Å². The largest absolute Gasteiger partial charge is 0.501 e. The molecule has 0 spiro atoms. The maximum absolute atomic E-state index is 12.1. The maximum Gasteiger partial charge on any atom is 0.501 e. The molecule has 0 heterocycles. The number of sulfone groups is 1. The molecule has 0 atom stereocenters. The van der Waals surface area contributed by atoms with Crippen LogP contribution in [-0.4, -0.2) is 25.1 Å². The molecular formula is C8H6F3NO4S. The molecule has 0 unspecified atom stereocenters. The number of nitrogens with one attached hydrogen (secondary N) is 1. The van der Waals surface area contributed by atoms with E-state index in [-0.39, 0.29) is 5.69 Å². The third kappa shape index (κ3) is 2.87. The van der Waals surface area contributed by atoms with E-state index in [0.29, 0.717) is 12.1 Å². The van der Waals surface area contributed by atoms with Crippen LogP contribution in [-0.2, 0) is 9.84 Å². The Bertz CT molecular complexity index is 521. The Kier molecular flexibility index (Phi) is 3.32. The van der Waals surface area contributed by atoms with Crippen LogP contribution in [0.5, 0.6) is 0 Å². The van der Waals surface area contributed by atoms with Gasteiger partial charge in [0.1, 0.15) is 0 Å². The van der Waals surface area contributed by atoms with Crippen LogP contribution in [0.3, 0.4) is 0 Å². The summed E-state index contributed by atoms with van der Waals surface area (Å²) >= 11 is 0. The van der Waals surface area contributed by atoms with Crippen LogP contribution in [0.25, 0.3) is 0 Å². The predicted molar refractivity (Wildman–Crippen MR) is 51.3 cm³/mol. The molecule has 0 saturated carbocycles. The molecule has 0 aromatic heterocycles. The van der Waals surface area contributed by atoms with Crippen molar-refractivity contribution >= 4 is 21.6 Å². The molecule has 1 rings (SSSR count). The summed E-state index contributed by atoms with van der Waals surface area (Å²) in [5.41, 5.74) is -5.41. The number of carboxylic acid groups (broad SMARTS) is 1. The highest BCUT2D eigenvalue weighted by molar-refractivity contribution is 7.92. The van der Waals surface area contributed by atoms with Gasteiger partial charge in [0.25, 0.3) is 9.84 Å².